The number of ether oxygens (including phenoxy) is 1. The Bertz CT molecular complexity index is 1040. The predicted octanol–water partition coefficient (Wildman–Crippen LogP) is 5.37. The van der Waals surface area contributed by atoms with Gasteiger partial charge in [-0.05, 0) is 92.8 Å². The second kappa shape index (κ2) is 10.9. The summed E-state index contributed by atoms with van der Waals surface area (Å²) in [4.78, 5) is 17.0. The van der Waals surface area contributed by atoms with Crippen LogP contribution in [0.5, 0.6) is 5.75 Å². The number of hydrogen-bond acceptors (Lipinski definition) is 4. The van der Waals surface area contributed by atoms with Crippen LogP contribution in [0.1, 0.15) is 62.2 Å². The average molecular weight is 495 g/mol. The number of piperidine rings is 2. The number of β-amino-alcohol motifs (C(OH)–C–C–N with tert-alkyl or cyclic N) is 1. The minimum Gasteiger partial charge on any atom is -0.493 e. The van der Waals surface area contributed by atoms with E-state index in [0.29, 0.717) is 42.0 Å². The van der Waals surface area contributed by atoms with E-state index in [1.165, 1.54) is 57.8 Å². The van der Waals surface area contributed by atoms with Crippen molar-refractivity contribution in [3.8, 4) is 16.9 Å². The van der Waals surface area contributed by atoms with Crippen molar-refractivity contribution < 1.29 is 19.0 Å². The summed E-state index contributed by atoms with van der Waals surface area (Å²) in [5.74, 6) is 0.735. The fraction of sp³-hybridized carbons (Fsp3) is 0.567. The number of rotatable bonds is 7. The standard InChI is InChI=1S/C30H39FN2O3/c1-30(13-3-14-30)21-32-16-11-22(12-17-32)20-36-26-8-5-23(6-9-26)27-10-7-24(18-28(27)31)29(35)33-15-2-4-25(34)19-33/h5-10,18,22,25,34H,2-4,11-17,19-21H2,1H3/t25-/m1/s1. The summed E-state index contributed by atoms with van der Waals surface area (Å²) in [5, 5.41) is 9.84. The number of nitrogens with zero attached hydrogens (tertiary/aromatic N) is 2. The van der Waals surface area contributed by atoms with Crippen molar-refractivity contribution >= 4 is 5.91 Å². The molecule has 1 saturated carbocycles. The Balaban J connectivity index is 1.12. The molecule has 0 spiro atoms. The molecule has 3 aliphatic rings. The predicted molar refractivity (Wildman–Crippen MR) is 140 cm³/mol. The van der Waals surface area contributed by atoms with Crippen LogP contribution < -0.4 is 4.74 Å². The number of carbonyl (C=O) groups is 1. The second-order valence-electron chi connectivity index (χ2n) is 11.5. The quantitative estimate of drug-likeness (QED) is 0.562. The van der Waals surface area contributed by atoms with Gasteiger partial charge in [0.2, 0.25) is 0 Å². The highest BCUT2D eigenvalue weighted by Crippen LogP contribution is 2.41. The Morgan fingerprint density at radius 2 is 1.81 bits per heavy atom. The molecule has 1 atom stereocenters. The first-order valence-electron chi connectivity index (χ1n) is 13.6. The molecule has 6 heteroatoms. The zero-order valence-electron chi connectivity index (χ0n) is 21.4. The van der Waals surface area contributed by atoms with Crippen LogP contribution in [0.4, 0.5) is 4.39 Å². The molecular formula is C30H39FN2O3. The molecular weight excluding hydrogens is 455 g/mol. The minimum absolute atomic E-state index is 0.231. The Labute approximate surface area is 214 Å². The van der Waals surface area contributed by atoms with Gasteiger partial charge in [-0.1, -0.05) is 31.5 Å². The SMILES string of the molecule is CC1(CN2CCC(COc3ccc(-c4ccc(C(=O)N5CCC[C@@H](O)C5)cc4F)cc3)CC2)CCC1. The van der Waals surface area contributed by atoms with E-state index in [1.807, 2.05) is 24.3 Å². The second-order valence-corrected chi connectivity index (χ2v) is 11.5. The molecule has 0 unspecified atom stereocenters. The van der Waals surface area contributed by atoms with E-state index in [1.54, 1.807) is 17.0 Å². The fourth-order valence-corrected chi connectivity index (χ4v) is 5.94. The Hall–Kier alpha value is -2.44. The normalized spacial score (nSPS) is 22.8. The van der Waals surface area contributed by atoms with Crippen molar-refractivity contribution in [2.75, 3.05) is 39.3 Å². The molecule has 0 aromatic heterocycles. The third-order valence-corrected chi connectivity index (χ3v) is 8.42. The van der Waals surface area contributed by atoms with Gasteiger partial charge >= 0.3 is 0 Å². The van der Waals surface area contributed by atoms with Crippen molar-refractivity contribution in [1.82, 2.24) is 9.80 Å². The summed E-state index contributed by atoms with van der Waals surface area (Å²) in [6, 6.07) is 12.2. The van der Waals surface area contributed by atoms with Crippen LogP contribution >= 0.6 is 0 Å². The largest absolute Gasteiger partial charge is 0.493 e. The van der Waals surface area contributed by atoms with Gasteiger partial charge in [-0.15, -0.1) is 0 Å². The summed E-state index contributed by atoms with van der Waals surface area (Å²) < 4.78 is 21.0. The molecule has 2 aromatic carbocycles. The topological polar surface area (TPSA) is 53.0 Å². The van der Waals surface area contributed by atoms with E-state index in [4.69, 9.17) is 4.74 Å². The molecule has 5 rings (SSSR count). The number of hydrogen-bond donors (Lipinski definition) is 1. The minimum atomic E-state index is -0.499. The molecule has 0 bridgehead atoms. The van der Waals surface area contributed by atoms with E-state index >= 15 is 0 Å². The van der Waals surface area contributed by atoms with Crippen LogP contribution in [0.2, 0.25) is 0 Å². The van der Waals surface area contributed by atoms with Gasteiger partial charge in [-0.3, -0.25) is 4.79 Å². The Morgan fingerprint density at radius 3 is 2.44 bits per heavy atom. The molecule has 36 heavy (non-hydrogen) atoms. The molecule has 2 aromatic rings. The highest BCUT2D eigenvalue weighted by molar-refractivity contribution is 5.95. The molecule has 5 nitrogen and oxygen atoms in total. The molecule has 1 amide bonds. The van der Waals surface area contributed by atoms with Gasteiger partial charge in [-0.25, -0.2) is 4.39 Å². The highest BCUT2D eigenvalue weighted by Gasteiger charge is 2.34. The number of aliphatic hydroxyl groups is 1. The van der Waals surface area contributed by atoms with Crippen LogP contribution in [0.3, 0.4) is 0 Å². The van der Waals surface area contributed by atoms with Crippen molar-refractivity contribution in [3.05, 3.63) is 53.8 Å². The zero-order valence-corrected chi connectivity index (χ0v) is 21.4. The van der Waals surface area contributed by atoms with E-state index < -0.39 is 11.9 Å². The first-order chi connectivity index (χ1) is 17.4. The van der Waals surface area contributed by atoms with E-state index in [0.717, 1.165) is 24.3 Å². The summed E-state index contributed by atoms with van der Waals surface area (Å²) in [7, 11) is 0. The lowest BCUT2D eigenvalue weighted by Crippen LogP contribution is -2.44. The fourth-order valence-electron chi connectivity index (χ4n) is 5.94. The number of aliphatic hydroxyl groups excluding tert-OH is 1. The third-order valence-electron chi connectivity index (χ3n) is 8.42. The molecule has 1 aliphatic carbocycles. The van der Waals surface area contributed by atoms with Crippen LogP contribution in [0, 0.1) is 17.2 Å². The van der Waals surface area contributed by atoms with E-state index in [9.17, 15) is 14.3 Å². The van der Waals surface area contributed by atoms with Gasteiger partial charge in [0.1, 0.15) is 11.6 Å². The zero-order chi connectivity index (χ0) is 25.1. The smallest absolute Gasteiger partial charge is 0.254 e. The number of halogens is 1. The number of carbonyl (C=O) groups excluding carboxylic acids is 1. The maximum atomic E-state index is 14.9. The highest BCUT2D eigenvalue weighted by atomic mass is 19.1. The van der Waals surface area contributed by atoms with E-state index in [2.05, 4.69) is 11.8 Å². The number of amides is 1. The van der Waals surface area contributed by atoms with Crippen LogP contribution in [0.25, 0.3) is 11.1 Å². The lowest BCUT2D eigenvalue weighted by Gasteiger charge is -2.44. The van der Waals surface area contributed by atoms with Crippen molar-refractivity contribution in [2.24, 2.45) is 11.3 Å². The lowest BCUT2D eigenvalue weighted by molar-refractivity contribution is 0.0473. The summed E-state index contributed by atoms with van der Waals surface area (Å²) in [6.45, 7) is 7.63. The van der Waals surface area contributed by atoms with Crippen molar-refractivity contribution in [3.63, 3.8) is 0 Å². The van der Waals surface area contributed by atoms with Gasteiger partial charge in [0.15, 0.2) is 0 Å². The third kappa shape index (κ3) is 5.92. The molecule has 2 heterocycles. The first-order valence-corrected chi connectivity index (χ1v) is 13.6. The molecule has 194 valence electrons. The van der Waals surface area contributed by atoms with Gasteiger partial charge in [0.25, 0.3) is 5.91 Å². The molecule has 0 radical (unpaired) electrons. The Morgan fingerprint density at radius 1 is 1.06 bits per heavy atom. The summed E-state index contributed by atoms with van der Waals surface area (Å²) in [5.41, 5.74) is 2.09. The summed E-state index contributed by atoms with van der Waals surface area (Å²) in [6.07, 6.45) is 7.48. The van der Waals surface area contributed by atoms with Gasteiger partial charge < -0.3 is 19.6 Å². The Kier molecular flexibility index (Phi) is 7.63. The van der Waals surface area contributed by atoms with Crippen LogP contribution in [-0.4, -0.2) is 66.2 Å². The lowest BCUT2D eigenvalue weighted by atomic mass is 9.70. The maximum Gasteiger partial charge on any atom is 0.254 e. The number of likely N-dealkylation sites (tertiary alicyclic amines) is 2. The first kappa shape index (κ1) is 25.2. The van der Waals surface area contributed by atoms with Crippen molar-refractivity contribution in [2.45, 2.75) is 58.0 Å². The van der Waals surface area contributed by atoms with Crippen molar-refractivity contribution in [1.29, 1.82) is 0 Å². The van der Waals surface area contributed by atoms with Crippen LogP contribution in [0.15, 0.2) is 42.5 Å². The summed E-state index contributed by atoms with van der Waals surface area (Å²) >= 11 is 0. The number of benzene rings is 2. The monoisotopic (exact) mass is 494 g/mol. The van der Waals surface area contributed by atoms with Crippen LogP contribution in [-0.2, 0) is 0 Å². The van der Waals surface area contributed by atoms with Gasteiger partial charge in [-0.2, -0.15) is 0 Å². The molecule has 2 aliphatic heterocycles. The maximum absolute atomic E-state index is 14.9. The molecule has 1 N–H and O–H groups in total. The average Bonchev–Trinajstić information content (AvgIpc) is 2.87. The van der Waals surface area contributed by atoms with Gasteiger partial charge in [0.05, 0.1) is 12.7 Å². The van der Waals surface area contributed by atoms with Gasteiger partial charge in [0, 0.05) is 30.8 Å². The molecule has 2 saturated heterocycles. The molecule has 3 fully saturated rings. The van der Waals surface area contributed by atoms with E-state index in [-0.39, 0.29) is 5.91 Å².